The molecule has 140 valence electrons. The molecule has 0 aromatic rings. The zero-order valence-corrected chi connectivity index (χ0v) is 15.9. The lowest BCUT2D eigenvalue weighted by Crippen LogP contribution is -2.60. The maximum atomic E-state index is 12.1. The highest BCUT2D eigenvalue weighted by Crippen LogP contribution is 2.82. The number of ether oxygens (including phenoxy) is 2. The number of fused-ring (bicyclic) bond motifs is 6. The van der Waals surface area contributed by atoms with Gasteiger partial charge < -0.3 is 9.47 Å². The van der Waals surface area contributed by atoms with Gasteiger partial charge in [-0.1, -0.05) is 19.4 Å². The van der Waals surface area contributed by atoms with E-state index in [4.69, 9.17) is 9.47 Å². The summed E-state index contributed by atoms with van der Waals surface area (Å²) in [6, 6.07) is 0. The largest absolute Gasteiger partial charge is 0.461 e. The summed E-state index contributed by atoms with van der Waals surface area (Å²) in [6.45, 7) is 7.51. The Morgan fingerprint density at radius 2 is 2.08 bits per heavy atom. The molecule has 0 aromatic carbocycles. The molecular weight excluding hydrogens is 328 g/mol. The predicted molar refractivity (Wildman–Crippen MR) is 94.1 cm³/mol. The maximum Gasteiger partial charge on any atom is 0.293 e. The van der Waals surface area contributed by atoms with Crippen molar-refractivity contribution in [1.82, 2.24) is 0 Å². The third-order valence-corrected chi connectivity index (χ3v) is 9.95. The highest BCUT2D eigenvalue weighted by molar-refractivity contribution is 5.92. The Labute approximate surface area is 154 Å². The lowest BCUT2D eigenvalue weighted by atomic mass is 9.46. The van der Waals surface area contributed by atoms with Gasteiger partial charge in [0.25, 0.3) is 6.47 Å². The molecule has 26 heavy (non-hydrogen) atoms. The number of carbonyl (C=O) groups is 2. The lowest BCUT2D eigenvalue weighted by Gasteiger charge is -2.56. The number of hydrogen-bond donors (Lipinski definition) is 0. The molecule has 0 aromatic heterocycles. The fourth-order valence-electron chi connectivity index (χ4n) is 8.34. The molecule has 2 unspecified atom stereocenters. The molecule has 5 aliphatic carbocycles. The number of hydrogen-bond acceptors (Lipinski definition) is 4. The van der Waals surface area contributed by atoms with Crippen LogP contribution in [0.2, 0.25) is 0 Å². The molecule has 0 radical (unpaired) electrons. The smallest absolute Gasteiger partial charge is 0.293 e. The van der Waals surface area contributed by atoms with Gasteiger partial charge in [0.2, 0.25) is 0 Å². The van der Waals surface area contributed by atoms with Crippen molar-refractivity contribution in [3.8, 4) is 0 Å². The SMILES string of the molecule is C[C@]12CCC(=O)C=C1[C@@H]1C[C@@H]1[C@H]1[C@@H]3CC[C@](C)(OC=O)[C@]3(C)CC3OC312. The Balaban J connectivity index is 1.47. The highest BCUT2D eigenvalue weighted by atomic mass is 16.6. The molecule has 9 atom stereocenters. The topological polar surface area (TPSA) is 55.9 Å². The molecule has 1 heterocycles. The van der Waals surface area contributed by atoms with Gasteiger partial charge in [0.05, 0.1) is 6.10 Å². The molecule has 0 bridgehead atoms. The second kappa shape index (κ2) is 4.29. The Kier molecular flexibility index (Phi) is 2.62. The van der Waals surface area contributed by atoms with Crippen LogP contribution in [-0.2, 0) is 19.1 Å². The van der Waals surface area contributed by atoms with Crippen molar-refractivity contribution in [2.75, 3.05) is 0 Å². The summed E-state index contributed by atoms with van der Waals surface area (Å²) in [5.41, 5.74) is 0.999. The van der Waals surface area contributed by atoms with Crippen molar-refractivity contribution in [2.24, 2.45) is 34.5 Å². The second-order valence-corrected chi connectivity index (χ2v) is 10.5. The second-order valence-electron chi connectivity index (χ2n) is 10.5. The minimum atomic E-state index is -0.374. The summed E-state index contributed by atoms with van der Waals surface area (Å²) in [5, 5.41) is 0. The summed E-state index contributed by atoms with van der Waals surface area (Å²) >= 11 is 0. The van der Waals surface area contributed by atoms with E-state index < -0.39 is 0 Å². The summed E-state index contributed by atoms with van der Waals surface area (Å²) < 4.78 is 12.4. The molecule has 4 nitrogen and oxygen atoms in total. The monoisotopic (exact) mass is 356 g/mol. The number of ketones is 1. The highest BCUT2D eigenvalue weighted by Gasteiger charge is 2.85. The Morgan fingerprint density at radius 1 is 1.27 bits per heavy atom. The summed E-state index contributed by atoms with van der Waals surface area (Å²) in [6.07, 6.45) is 8.13. The number of epoxide rings is 1. The van der Waals surface area contributed by atoms with E-state index >= 15 is 0 Å². The Hall–Kier alpha value is -1.16. The molecular formula is C22H28O4. The van der Waals surface area contributed by atoms with Crippen LogP contribution >= 0.6 is 0 Å². The van der Waals surface area contributed by atoms with Crippen LogP contribution in [0, 0.1) is 34.5 Å². The van der Waals surface area contributed by atoms with Gasteiger partial charge in [0, 0.05) is 17.3 Å². The molecule has 6 aliphatic rings. The quantitative estimate of drug-likeness (QED) is 0.562. The van der Waals surface area contributed by atoms with Gasteiger partial charge in [-0.2, -0.15) is 0 Å². The third kappa shape index (κ3) is 1.44. The van der Waals surface area contributed by atoms with Crippen LogP contribution in [0.4, 0.5) is 0 Å². The molecule has 1 saturated heterocycles. The third-order valence-electron chi connectivity index (χ3n) is 9.95. The van der Waals surface area contributed by atoms with Crippen LogP contribution in [-0.4, -0.2) is 29.6 Å². The fraction of sp³-hybridized carbons (Fsp3) is 0.818. The van der Waals surface area contributed by atoms with Crippen LogP contribution in [0.3, 0.4) is 0 Å². The van der Waals surface area contributed by atoms with Gasteiger partial charge in [0.1, 0.15) is 11.2 Å². The van der Waals surface area contributed by atoms with Gasteiger partial charge in [-0.15, -0.1) is 0 Å². The first-order valence-corrected chi connectivity index (χ1v) is 10.3. The average molecular weight is 356 g/mol. The number of carbonyl (C=O) groups excluding carboxylic acids is 2. The van der Waals surface area contributed by atoms with Gasteiger partial charge in [0.15, 0.2) is 5.78 Å². The van der Waals surface area contributed by atoms with Crippen molar-refractivity contribution in [2.45, 2.75) is 76.6 Å². The summed E-state index contributed by atoms with van der Waals surface area (Å²) in [5.74, 6) is 2.67. The van der Waals surface area contributed by atoms with E-state index in [0.29, 0.717) is 42.3 Å². The van der Waals surface area contributed by atoms with Crippen molar-refractivity contribution in [3.63, 3.8) is 0 Å². The molecule has 5 fully saturated rings. The molecule has 1 spiro atoms. The van der Waals surface area contributed by atoms with E-state index in [1.54, 1.807) is 0 Å². The average Bonchev–Trinajstić information content (AvgIpc) is 3.47. The van der Waals surface area contributed by atoms with Crippen molar-refractivity contribution >= 4 is 12.3 Å². The van der Waals surface area contributed by atoms with Crippen molar-refractivity contribution in [3.05, 3.63) is 11.6 Å². The van der Waals surface area contributed by atoms with Crippen LogP contribution in [0.25, 0.3) is 0 Å². The predicted octanol–water partition coefficient (Wildman–Crippen LogP) is 3.44. The van der Waals surface area contributed by atoms with E-state index in [1.165, 1.54) is 12.0 Å². The van der Waals surface area contributed by atoms with E-state index in [2.05, 4.69) is 20.8 Å². The van der Waals surface area contributed by atoms with Gasteiger partial charge >= 0.3 is 0 Å². The minimum Gasteiger partial charge on any atom is -0.461 e. The zero-order valence-electron chi connectivity index (χ0n) is 15.9. The van der Waals surface area contributed by atoms with Gasteiger partial charge in [-0.05, 0) is 68.8 Å². The van der Waals surface area contributed by atoms with E-state index in [1.807, 2.05) is 6.08 Å². The number of rotatable bonds is 2. The molecule has 1 aliphatic heterocycles. The van der Waals surface area contributed by atoms with Gasteiger partial charge in [-0.3, -0.25) is 9.59 Å². The first-order valence-electron chi connectivity index (χ1n) is 10.3. The van der Waals surface area contributed by atoms with Crippen LogP contribution in [0.1, 0.15) is 59.3 Å². The van der Waals surface area contributed by atoms with Gasteiger partial charge in [-0.25, -0.2) is 0 Å². The molecule has 6 rings (SSSR count). The Bertz CT molecular complexity index is 772. The maximum absolute atomic E-state index is 12.1. The molecule has 0 N–H and O–H groups in total. The molecule has 4 heteroatoms. The first-order chi connectivity index (χ1) is 12.3. The normalized spacial score (nSPS) is 61.3. The summed E-state index contributed by atoms with van der Waals surface area (Å²) in [7, 11) is 0. The van der Waals surface area contributed by atoms with Crippen LogP contribution in [0.15, 0.2) is 11.6 Å². The van der Waals surface area contributed by atoms with E-state index in [9.17, 15) is 9.59 Å². The Morgan fingerprint density at radius 3 is 2.85 bits per heavy atom. The lowest BCUT2D eigenvalue weighted by molar-refractivity contribution is -0.162. The minimum absolute atomic E-state index is 0.00154. The summed E-state index contributed by atoms with van der Waals surface area (Å²) in [4.78, 5) is 23.3. The zero-order chi connectivity index (χ0) is 18.1. The van der Waals surface area contributed by atoms with Crippen molar-refractivity contribution < 1.29 is 19.1 Å². The van der Waals surface area contributed by atoms with Crippen LogP contribution in [0.5, 0.6) is 0 Å². The molecule has 0 amide bonds. The standard InChI is InChI=1S/C22H28O4/c1-19-6-4-12(24)8-16(19)13-9-14(13)18-15-5-7-21(3,25-11-23)20(15,2)10-17-22(18,19)26-17/h8,11,13-15,17-18H,4-7,9-10H2,1-3H3/t13-,14+,15+,17?,18+,19+,20-,21+,22?/m1/s1. The van der Waals surface area contributed by atoms with E-state index in [-0.39, 0.29) is 28.1 Å². The first kappa shape index (κ1) is 15.9. The fourth-order valence-corrected chi connectivity index (χ4v) is 8.34. The van der Waals surface area contributed by atoms with E-state index in [0.717, 1.165) is 25.7 Å². The van der Waals surface area contributed by atoms with Crippen molar-refractivity contribution in [1.29, 1.82) is 0 Å². The molecule has 4 saturated carbocycles. The van der Waals surface area contributed by atoms with Crippen LogP contribution < -0.4 is 0 Å².